The van der Waals surface area contributed by atoms with Crippen LogP contribution in [0.15, 0.2) is 52.1 Å². The molecular weight excluding hydrogens is 429 g/mol. The summed E-state index contributed by atoms with van der Waals surface area (Å²) in [5.74, 6) is 0.753. The fraction of sp³-hybridized carbons (Fsp3) is 0.286. The number of halogens is 2. The van der Waals surface area contributed by atoms with Gasteiger partial charge in [-0.25, -0.2) is 0 Å². The summed E-state index contributed by atoms with van der Waals surface area (Å²) in [5.41, 5.74) is 2.61. The number of thioether (sulfide) groups is 1. The third-order valence-electron chi connectivity index (χ3n) is 4.19. The molecule has 0 spiro atoms. The van der Waals surface area contributed by atoms with E-state index in [1.165, 1.54) is 17.3 Å². The number of amides is 1. The van der Waals surface area contributed by atoms with E-state index in [2.05, 4.69) is 48.4 Å². The SMILES string of the molecule is CC(C)(C)c1ccc(-c2nnc(SCCC(=O)Nc3c(Cl)cccc3Cl)o2)cc1. The number of rotatable bonds is 6. The molecule has 5 nitrogen and oxygen atoms in total. The van der Waals surface area contributed by atoms with E-state index in [0.29, 0.717) is 32.6 Å². The number of carbonyl (C=O) groups excluding carboxylic acids is 1. The van der Waals surface area contributed by atoms with Gasteiger partial charge in [0.2, 0.25) is 11.8 Å². The third-order valence-corrected chi connectivity index (χ3v) is 5.64. The smallest absolute Gasteiger partial charge is 0.276 e. The van der Waals surface area contributed by atoms with E-state index >= 15 is 0 Å². The maximum absolute atomic E-state index is 12.1. The molecule has 0 saturated heterocycles. The van der Waals surface area contributed by atoms with Crippen LogP contribution in [-0.2, 0) is 10.2 Å². The number of anilines is 1. The van der Waals surface area contributed by atoms with Crippen LogP contribution >= 0.6 is 35.0 Å². The topological polar surface area (TPSA) is 68.0 Å². The highest BCUT2D eigenvalue weighted by molar-refractivity contribution is 7.99. The van der Waals surface area contributed by atoms with Gasteiger partial charge in [-0.05, 0) is 35.2 Å². The van der Waals surface area contributed by atoms with Crippen molar-refractivity contribution in [3.05, 3.63) is 58.1 Å². The van der Waals surface area contributed by atoms with E-state index in [0.717, 1.165) is 5.56 Å². The molecule has 0 radical (unpaired) electrons. The monoisotopic (exact) mass is 449 g/mol. The molecule has 8 heteroatoms. The number of nitrogens with one attached hydrogen (secondary N) is 1. The van der Waals surface area contributed by atoms with Crippen LogP contribution in [0.1, 0.15) is 32.8 Å². The van der Waals surface area contributed by atoms with Crippen molar-refractivity contribution in [1.82, 2.24) is 10.2 Å². The first-order valence-electron chi connectivity index (χ1n) is 9.05. The molecule has 0 unspecified atom stereocenters. The lowest BCUT2D eigenvalue weighted by Gasteiger charge is -2.18. The van der Waals surface area contributed by atoms with Crippen molar-refractivity contribution in [3.63, 3.8) is 0 Å². The number of para-hydroxylation sites is 1. The Kier molecular flexibility index (Phi) is 6.88. The Morgan fingerprint density at radius 1 is 1.07 bits per heavy atom. The Hall–Kier alpha value is -2.02. The van der Waals surface area contributed by atoms with Crippen LogP contribution in [0.3, 0.4) is 0 Å². The summed E-state index contributed by atoms with van der Waals surface area (Å²) >= 11 is 13.4. The molecule has 29 heavy (non-hydrogen) atoms. The van der Waals surface area contributed by atoms with E-state index in [-0.39, 0.29) is 17.7 Å². The maximum atomic E-state index is 12.1. The van der Waals surface area contributed by atoms with Crippen LogP contribution in [0.25, 0.3) is 11.5 Å². The van der Waals surface area contributed by atoms with Gasteiger partial charge in [-0.3, -0.25) is 4.79 Å². The Balaban J connectivity index is 1.54. The number of hydrogen-bond donors (Lipinski definition) is 1. The van der Waals surface area contributed by atoms with Crippen LogP contribution in [-0.4, -0.2) is 21.9 Å². The first kappa shape index (κ1) is 21.7. The van der Waals surface area contributed by atoms with Crippen molar-refractivity contribution >= 4 is 46.6 Å². The third kappa shape index (κ3) is 5.75. The van der Waals surface area contributed by atoms with Gasteiger partial charge in [0.05, 0.1) is 15.7 Å². The summed E-state index contributed by atoms with van der Waals surface area (Å²) < 4.78 is 5.70. The summed E-state index contributed by atoms with van der Waals surface area (Å²) in [6.45, 7) is 6.50. The molecule has 0 aliphatic rings. The average molecular weight is 450 g/mol. The quantitative estimate of drug-likeness (QED) is 0.437. The molecule has 3 aromatic rings. The molecule has 0 atom stereocenters. The highest BCUT2D eigenvalue weighted by atomic mass is 35.5. The van der Waals surface area contributed by atoms with Crippen molar-refractivity contribution in [2.45, 2.75) is 37.8 Å². The molecule has 0 fully saturated rings. The van der Waals surface area contributed by atoms with Gasteiger partial charge < -0.3 is 9.73 Å². The van der Waals surface area contributed by atoms with Gasteiger partial charge in [0.1, 0.15) is 0 Å². The Labute approximate surface area is 184 Å². The van der Waals surface area contributed by atoms with Gasteiger partial charge in [-0.15, -0.1) is 10.2 Å². The Bertz CT molecular complexity index is 978. The van der Waals surface area contributed by atoms with Crippen molar-refractivity contribution in [3.8, 4) is 11.5 Å². The largest absolute Gasteiger partial charge is 0.411 e. The number of carbonyl (C=O) groups is 1. The van der Waals surface area contributed by atoms with Gasteiger partial charge >= 0.3 is 0 Å². The zero-order chi connectivity index (χ0) is 21.0. The highest BCUT2D eigenvalue weighted by Gasteiger charge is 2.15. The second kappa shape index (κ2) is 9.20. The van der Waals surface area contributed by atoms with E-state index in [9.17, 15) is 4.79 Å². The lowest BCUT2D eigenvalue weighted by molar-refractivity contribution is -0.115. The van der Waals surface area contributed by atoms with Crippen LogP contribution in [0, 0.1) is 0 Å². The fourth-order valence-electron chi connectivity index (χ4n) is 2.55. The summed E-state index contributed by atoms with van der Waals surface area (Å²) in [4.78, 5) is 12.1. The molecule has 1 amide bonds. The van der Waals surface area contributed by atoms with Crippen molar-refractivity contribution in [2.24, 2.45) is 0 Å². The van der Waals surface area contributed by atoms with E-state index in [1.807, 2.05) is 12.1 Å². The second-order valence-electron chi connectivity index (χ2n) is 7.44. The van der Waals surface area contributed by atoms with Gasteiger partial charge in [-0.1, -0.05) is 73.9 Å². The Morgan fingerprint density at radius 2 is 1.72 bits per heavy atom. The second-order valence-corrected chi connectivity index (χ2v) is 9.30. The Morgan fingerprint density at radius 3 is 2.34 bits per heavy atom. The van der Waals surface area contributed by atoms with Crippen LogP contribution < -0.4 is 5.32 Å². The minimum Gasteiger partial charge on any atom is -0.411 e. The zero-order valence-corrected chi connectivity index (χ0v) is 18.7. The van der Waals surface area contributed by atoms with Gasteiger partial charge in [0.25, 0.3) is 5.22 Å². The summed E-state index contributed by atoms with van der Waals surface area (Å²) in [6, 6.07) is 13.2. The molecule has 1 aromatic heterocycles. The summed E-state index contributed by atoms with van der Waals surface area (Å²) in [6.07, 6.45) is 0.254. The predicted molar refractivity (Wildman–Crippen MR) is 119 cm³/mol. The summed E-state index contributed by atoms with van der Waals surface area (Å²) in [7, 11) is 0. The number of aromatic nitrogens is 2. The van der Waals surface area contributed by atoms with Crippen molar-refractivity contribution < 1.29 is 9.21 Å². The predicted octanol–water partition coefficient (Wildman–Crippen LogP) is 6.46. The molecule has 2 aromatic carbocycles. The number of benzene rings is 2. The number of nitrogens with zero attached hydrogens (tertiary/aromatic N) is 2. The molecular formula is C21H21Cl2N3O2S. The van der Waals surface area contributed by atoms with Crippen LogP contribution in [0.2, 0.25) is 10.0 Å². The van der Waals surface area contributed by atoms with Gasteiger partial charge in [0.15, 0.2) is 0 Å². The fourth-order valence-corrected chi connectivity index (χ4v) is 3.74. The van der Waals surface area contributed by atoms with Gasteiger partial charge in [-0.2, -0.15) is 0 Å². The number of hydrogen-bond acceptors (Lipinski definition) is 5. The highest BCUT2D eigenvalue weighted by Crippen LogP contribution is 2.30. The average Bonchev–Trinajstić information content (AvgIpc) is 3.13. The maximum Gasteiger partial charge on any atom is 0.276 e. The van der Waals surface area contributed by atoms with E-state index in [1.54, 1.807) is 18.2 Å². The van der Waals surface area contributed by atoms with E-state index < -0.39 is 0 Å². The normalized spacial score (nSPS) is 11.5. The molecule has 1 N–H and O–H groups in total. The van der Waals surface area contributed by atoms with Gasteiger partial charge in [0, 0.05) is 17.7 Å². The standard InChI is InChI=1S/C21H21Cl2N3O2S/c1-21(2,3)14-9-7-13(8-10-14)19-25-26-20(28-19)29-12-11-17(27)24-18-15(22)5-4-6-16(18)23/h4-10H,11-12H2,1-3H3,(H,24,27). The molecule has 0 aliphatic carbocycles. The molecule has 0 saturated carbocycles. The molecule has 1 heterocycles. The van der Waals surface area contributed by atoms with Crippen LogP contribution in [0.4, 0.5) is 5.69 Å². The lowest BCUT2D eigenvalue weighted by atomic mass is 9.87. The molecule has 3 rings (SSSR count). The van der Waals surface area contributed by atoms with Crippen molar-refractivity contribution in [2.75, 3.05) is 11.1 Å². The summed E-state index contributed by atoms with van der Waals surface area (Å²) in [5, 5.41) is 12.1. The first-order valence-corrected chi connectivity index (χ1v) is 10.8. The van der Waals surface area contributed by atoms with Crippen LogP contribution in [0.5, 0.6) is 0 Å². The molecule has 152 valence electrons. The lowest BCUT2D eigenvalue weighted by Crippen LogP contribution is -2.12. The first-order chi connectivity index (χ1) is 13.7. The minimum atomic E-state index is -0.190. The molecule has 0 bridgehead atoms. The molecule has 0 aliphatic heterocycles. The zero-order valence-electron chi connectivity index (χ0n) is 16.3. The van der Waals surface area contributed by atoms with E-state index in [4.69, 9.17) is 27.6 Å². The van der Waals surface area contributed by atoms with Crippen molar-refractivity contribution in [1.29, 1.82) is 0 Å². The minimum absolute atomic E-state index is 0.0865.